The van der Waals surface area contributed by atoms with Gasteiger partial charge in [-0.25, -0.2) is 9.50 Å². The molecular formula is C26H20N6O2. The fourth-order valence-electron chi connectivity index (χ4n) is 4.13. The summed E-state index contributed by atoms with van der Waals surface area (Å²) in [5.74, 6) is 2.23. The standard InChI is InChI=1S/C26H20N6O2/c1-3-17-9-7-10-18-15-20(32(26(34)21(17)18)19-11-5-4-6-12-19)16(2)29-25(33)22-23(27)30-31-14-8-13-28-24(22)31/h1,4-16H,2H3,(H2,27,30)(H,29,33). The first-order valence-corrected chi connectivity index (χ1v) is 10.6. The van der Waals surface area contributed by atoms with Crippen molar-refractivity contribution in [2.24, 2.45) is 0 Å². The third-order valence-corrected chi connectivity index (χ3v) is 5.69. The summed E-state index contributed by atoms with van der Waals surface area (Å²) in [5.41, 5.74) is 8.05. The molecule has 1 amide bonds. The monoisotopic (exact) mass is 448 g/mol. The maximum absolute atomic E-state index is 13.7. The number of aromatic nitrogens is 4. The van der Waals surface area contributed by atoms with Crippen molar-refractivity contribution in [3.05, 3.63) is 100 Å². The number of benzene rings is 2. The smallest absolute Gasteiger partial charge is 0.264 e. The molecular weight excluding hydrogens is 428 g/mol. The van der Waals surface area contributed by atoms with Crippen LogP contribution in [0.4, 0.5) is 5.82 Å². The van der Waals surface area contributed by atoms with Crippen molar-refractivity contribution in [2.75, 3.05) is 5.73 Å². The van der Waals surface area contributed by atoms with Crippen molar-refractivity contribution in [2.45, 2.75) is 13.0 Å². The van der Waals surface area contributed by atoms with E-state index < -0.39 is 11.9 Å². The minimum Gasteiger partial charge on any atom is -0.381 e. The topological polar surface area (TPSA) is 107 Å². The van der Waals surface area contributed by atoms with E-state index >= 15 is 0 Å². The van der Waals surface area contributed by atoms with E-state index in [9.17, 15) is 9.59 Å². The number of nitrogens with one attached hydrogen (secondary N) is 1. The second-order valence-electron chi connectivity index (χ2n) is 7.80. The molecule has 0 fully saturated rings. The van der Waals surface area contributed by atoms with Crippen molar-refractivity contribution in [1.29, 1.82) is 0 Å². The highest BCUT2D eigenvalue weighted by Crippen LogP contribution is 2.24. The summed E-state index contributed by atoms with van der Waals surface area (Å²) in [6.07, 6.45) is 8.90. The Labute approximate surface area is 194 Å². The first-order chi connectivity index (χ1) is 16.5. The molecule has 2 aromatic carbocycles. The number of amides is 1. The maximum atomic E-state index is 13.7. The molecule has 1 unspecified atom stereocenters. The van der Waals surface area contributed by atoms with Crippen LogP contribution in [-0.4, -0.2) is 25.1 Å². The molecule has 0 aliphatic carbocycles. The Hall–Kier alpha value is -4.90. The van der Waals surface area contributed by atoms with E-state index in [1.165, 1.54) is 4.52 Å². The van der Waals surface area contributed by atoms with Gasteiger partial charge in [-0.05, 0) is 42.6 Å². The number of carbonyl (C=O) groups excluding carboxylic acids is 1. The molecule has 3 N–H and O–H groups in total. The van der Waals surface area contributed by atoms with E-state index in [2.05, 4.69) is 21.3 Å². The zero-order valence-electron chi connectivity index (χ0n) is 18.3. The number of terminal acetylenes is 1. The Balaban J connectivity index is 1.65. The third kappa shape index (κ3) is 3.36. The van der Waals surface area contributed by atoms with Crippen LogP contribution >= 0.6 is 0 Å². The van der Waals surface area contributed by atoms with Crippen LogP contribution in [0.15, 0.2) is 77.9 Å². The van der Waals surface area contributed by atoms with Gasteiger partial charge in [0, 0.05) is 29.3 Å². The molecule has 0 saturated carbocycles. The van der Waals surface area contributed by atoms with Crippen LogP contribution in [-0.2, 0) is 0 Å². The first kappa shape index (κ1) is 21.0. The Bertz CT molecular complexity index is 1660. The van der Waals surface area contributed by atoms with Crippen LogP contribution in [0.25, 0.3) is 22.1 Å². The van der Waals surface area contributed by atoms with E-state index in [1.54, 1.807) is 36.0 Å². The van der Waals surface area contributed by atoms with Gasteiger partial charge in [0.25, 0.3) is 11.5 Å². The number of nitrogens with two attached hydrogens (primary N) is 1. The van der Waals surface area contributed by atoms with Crippen molar-refractivity contribution >= 4 is 28.1 Å². The summed E-state index contributed by atoms with van der Waals surface area (Å²) in [6.45, 7) is 1.80. The van der Waals surface area contributed by atoms with Crippen molar-refractivity contribution in [3.8, 4) is 18.0 Å². The molecule has 0 aliphatic rings. The van der Waals surface area contributed by atoms with Gasteiger partial charge in [0.05, 0.1) is 11.4 Å². The van der Waals surface area contributed by atoms with Gasteiger partial charge < -0.3 is 11.1 Å². The molecule has 0 bridgehead atoms. The van der Waals surface area contributed by atoms with E-state index in [-0.39, 0.29) is 16.9 Å². The summed E-state index contributed by atoms with van der Waals surface area (Å²) in [4.78, 5) is 31.1. The quantitative estimate of drug-likeness (QED) is 0.411. The van der Waals surface area contributed by atoms with Crippen LogP contribution in [0.5, 0.6) is 0 Å². The van der Waals surface area contributed by atoms with Crippen LogP contribution in [0.3, 0.4) is 0 Å². The predicted octanol–water partition coefficient (Wildman–Crippen LogP) is 3.09. The van der Waals surface area contributed by atoms with Crippen molar-refractivity contribution < 1.29 is 4.79 Å². The zero-order valence-corrected chi connectivity index (χ0v) is 18.3. The summed E-state index contributed by atoms with van der Waals surface area (Å²) < 4.78 is 3.03. The van der Waals surface area contributed by atoms with Gasteiger partial charge in [-0.15, -0.1) is 11.5 Å². The Kier molecular flexibility index (Phi) is 5.07. The molecule has 0 saturated heterocycles. The lowest BCUT2D eigenvalue weighted by atomic mass is 10.0. The SMILES string of the molecule is C#Cc1cccc2cc(C(C)NC(=O)c3c(N)nn4cccnc34)n(-c3ccccc3)c(=O)c12. The molecule has 0 spiro atoms. The lowest BCUT2D eigenvalue weighted by molar-refractivity contribution is 0.0941. The summed E-state index contributed by atoms with van der Waals surface area (Å²) in [6, 6.07) is 17.6. The van der Waals surface area contributed by atoms with Crippen molar-refractivity contribution in [3.63, 3.8) is 0 Å². The molecule has 8 heteroatoms. The summed E-state index contributed by atoms with van der Waals surface area (Å²) in [7, 11) is 0. The second kappa shape index (κ2) is 8.22. The predicted molar refractivity (Wildman–Crippen MR) is 131 cm³/mol. The van der Waals surface area contributed by atoms with Gasteiger partial charge in [-0.3, -0.25) is 14.2 Å². The molecule has 3 heterocycles. The highest BCUT2D eigenvalue weighted by molar-refractivity contribution is 6.04. The normalized spacial score (nSPS) is 11.9. The molecule has 3 aromatic heterocycles. The van der Waals surface area contributed by atoms with Crippen LogP contribution in [0.2, 0.25) is 0 Å². The van der Waals surface area contributed by atoms with Crippen LogP contribution in [0, 0.1) is 12.3 Å². The number of fused-ring (bicyclic) bond motifs is 2. The number of rotatable bonds is 4. The number of pyridine rings is 1. The van der Waals surface area contributed by atoms with Gasteiger partial charge in [0.2, 0.25) is 0 Å². The maximum Gasteiger partial charge on any atom is 0.264 e. The zero-order chi connectivity index (χ0) is 23.8. The second-order valence-corrected chi connectivity index (χ2v) is 7.80. The number of nitrogens with zero attached hydrogens (tertiary/aromatic N) is 4. The van der Waals surface area contributed by atoms with E-state index in [4.69, 9.17) is 12.2 Å². The number of hydrogen-bond donors (Lipinski definition) is 2. The average molecular weight is 448 g/mol. The van der Waals surface area contributed by atoms with E-state index in [0.29, 0.717) is 33.4 Å². The lowest BCUT2D eigenvalue weighted by Crippen LogP contribution is -2.32. The highest BCUT2D eigenvalue weighted by atomic mass is 16.2. The molecule has 8 nitrogen and oxygen atoms in total. The minimum absolute atomic E-state index is 0.0704. The van der Waals surface area contributed by atoms with Gasteiger partial charge >= 0.3 is 0 Å². The number of para-hydroxylation sites is 1. The molecule has 0 radical (unpaired) electrons. The van der Waals surface area contributed by atoms with Crippen LogP contribution < -0.4 is 16.6 Å². The Morgan fingerprint density at radius 3 is 2.71 bits per heavy atom. The fourth-order valence-corrected chi connectivity index (χ4v) is 4.13. The number of carbonyl (C=O) groups is 1. The fraction of sp³-hybridized carbons (Fsp3) is 0.0769. The lowest BCUT2D eigenvalue weighted by Gasteiger charge is -2.21. The number of hydrogen-bond acceptors (Lipinski definition) is 5. The highest BCUT2D eigenvalue weighted by Gasteiger charge is 2.23. The average Bonchev–Trinajstić information content (AvgIpc) is 3.19. The molecule has 34 heavy (non-hydrogen) atoms. The number of anilines is 1. The summed E-state index contributed by atoms with van der Waals surface area (Å²) in [5, 5.41) is 8.25. The Morgan fingerprint density at radius 2 is 1.94 bits per heavy atom. The van der Waals surface area contributed by atoms with E-state index in [0.717, 1.165) is 0 Å². The first-order valence-electron chi connectivity index (χ1n) is 10.6. The van der Waals surface area contributed by atoms with E-state index in [1.807, 2.05) is 48.5 Å². The molecule has 5 rings (SSSR count). The molecule has 166 valence electrons. The summed E-state index contributed by atoms with van der Waals surface area (Å²) >= 11 is 0. The van der Waals surface area contributed by atoms with Crippen LogP contribution in [0.1, 0.15) is 34.6 Å². The van der Waals surface area contributed by atoms with Gasteiger partial charge in [-0.1, -0.05) is 36.3 Å². The third-order valence-electron chi connectivity index (χ3n) is 5.69. The van der Waals surface area contributed by atoms with Crippen molar-refractivity contribution in [1.82, 2.24) is 24.5 Å². The Morgan fingerprint density at radius 1 is 1.15 bits per heavy atom. The molecule has 5 aromatic rings. The van der Waals surface area contributed by atoms with Gasteiger partial charge in [0.1, 0.15) is 5.56 Å². The number of nitrogen functional groups attached to an aromatic ring is 1. The van der Waals surface area contributed by atoms with Gasteiger partial charge in [-0.2, -0.15) is 0 Å². The van der Waals surface area contributed by atoms with Gasteiger partial charge in [0.15, 0.2) is 11.5 Å². The minimum atomic E-state index is -0.558. The molecule has 0 aliphatic heterocycles. The molecule has 1 atom stereocenters. The largest absolute Gasteiger partial charge is 0.381 e.